The quantitative estimate of drug-likeness (QED) is 0.330. The standard InChI is InChI=1S/C22H25BrN2O7/c1-4-8-31-17-7-6-15(11-18(17)29-3)22(28)25-24-12-14-9-16(23)21(32-13-20(26)27)19(10-14)30-5-2/h6-7,9-12H,4-5,8,13H2,1-3H3,(H,25,28)(H,26,27)/b24-12+. The van der Waals surface area contributed by atoms with Gasteiger partial charge in [-0.25, -0.2) is 10.2 Å². The smallest absolute Gasteiger partial charge is 0.341 e. The highest BCUT2D eigenvalue weighted by Gasteiger charge is 2.14. The van der Waals surface area contributed by atoms with E-state index in [2.05, 4.69) is 26.5 Å². The maximum absolute atomic E-state index is 12.4. The highest BCUT2D eigenvalue weighted by Crippen LogP contribution is 2.36. The summed E-state index contributed by atoms with van der Waals surface area (Å²) in [4.78, 5) is 23.2. The number of nitrogens with one attached hydrogen (secondary N) is 1. The van der Waals surface area contributed by atoms with Crippen LogP contribution in [0, 0.1) is 0 Å². The fourth-order valence-electron chi connectivity index (χ4n) is 2.57. The van der Waals surface area contributed by atoms with Crippen LogP contribution >= 0.6 is 15.9 Å². The molecule has 0 saturated heterocycles. The molecule has 0 atom stereocenters. The van der Waals surface area contributed by atoms with Crippen LogP contribution in [-0.2, 0) is 4.79 Å². The van der Waals surface area contributed by atoms with E-state index in [1.807, 2.05) is 6.92 Å². The van der Waals surface area contributed by atoms with Gasteiger partial charge in [-0.2, -0.15) is 5.10 Å². The Labute approximate surface area is 194 Å². The van der Waals surface area contributed by atoms with Crippen LogP contribution < -0.4 is 24.4 Å². The number of carboxylic acids is 1. The molecule has 0 aliphatic carbocycles. The van der Waals surface area contributed by atoms with E-state index in [0.29, 0.717) is 46.1 Å². The number of methoxy groups -OCH3 is 1. The van der Waals surface area contributed by atoms with E-state index < -0.39 is 18.5 Å². The number of hydrazone groups is 1. The number of amides is 1. The Bertz CT molecular complexity index is 979. The lowest BCUT2D eigenvalue weighted by Crippen LogP contribution is -2.17. The zero-order chi connectivity index (χ0) is 23.5. The van der Waals surface area contributed by atoms with Gasteiger partial charge in [0.2, 0.25) is 0 Å². The molecule has 2 aromatic rings. The summed E-state index contributed by atoms with van der Waals surface area (Å²) in [6.45, 7) is 4.19. The summed E-state index contributed by atoms with van der Waals surface area (Å²) in [6.07, 6.45) is 2.29. The van der Waals surface area contributed by atoms with Gasteiger partial charge in [0.25, 0.3) is 5.91 Å². The third-order valence-electron chi connectivity index (χ3n) is 3.94. The number of hydrogen-bond acceptors (Lipinski definition) is 7. The molecule has 0 radical (unpaired) electrons. The molecule has 10 heteroatoms. The molecule has 9 nitrogen and oxygen atoms in total. The molecule has 0 spiro atoms. The summed E-state index contributed by atoms with van der Waals surface area (Å²) in [5, 5.41) is 12.8. The van der Waals surface area contributed by atoms with E-state index in [0.717, 1.165) is 6.42 Å². The number of benzene rings is 2. The lowest BCUT2D eigenvalue weighted by Gasteiger charge is -2.13. The number of carbonyl (C=O) groups is 2. The highest BCUT2D eigenvalue weighted by atomic mass is 79.9. The summed E-state index contributed by atoms with van der Waals surface area (Å²) in [7, 11) is 1.51. The molecule has 0 fully saturated rings. The number of nitrogens with zero attached hydrogens (tertiary/aromatic N) is 1. The molecule has 2 aromatic carbocycles. The van der Waals surface area contributed by atoms with Crippen molar-refractivity contribution >= 4 is 34.0 Å². The molecule has 0 aliphatic rings. The molecule has 32 heavy (non-hydrogen) atoms. The minimum atomic E-state index is -1.10. The number of rotatable bonds is 12. The topological polar surface area (TPSA) is 116 Å². The molecule has 0 unspecified atom stereocenters. The first-order valence-electron chi connectivity index (χ1n) is 9.84. The Morgan fingerprint density at radius 1 is 1.09 bits per heavy atom. The summed E-state index contributed by atoms with van der Waals surface area (Å²) in [5.41, 5.74) is 3.41. The van der Waals surface area contributed by atoms with Gasteiger partial charge < -0.3 is 24.1 Å². The first-order valence-corrected chi connectivity index (χ1v) is 10.6. The van der Waals surface area contributed by atoms with Gasteiger partial charge in [0, 0.05) is 5.56 Å². The number of aliphatic carboxylic acids is 1. The SMILES string of the molecule is CCCOc1ccc(C(=O)N/N=C/c2cc(Br)c(OCC(=O)O)c(OCC)c2)cc1OC. The Morgan fingerprint density at radius 2 is 1.88 bits per heavy atom. The molecular formula is C22H25BrN2O7. The van der Waals surface area contributed by atoms with Gasteiger partial charge >= 0.3 is 5.97 Å². The monoisotopic (exact) mass is 508 g/mol. The van der Waals surface area contributed by atoms with Gasteiger partial charge in [0.15, 0.2) is 29.6 Å². The number of ether oxygens (including phenoxy) is 4. The van der Waals surface area contributed by atoms with Gasteiger partial charge in [0.05, 0.1) is 31.0 Å². The Morgan fingerprint density at radius 3 is 2.53 bits per heavy atom. The summed E-state index contributed by atoms with van der Waals surface area (Å²) >= 11 is 3.34. The van der Waals surface area contributed by atoms with Crippen molar-refractivity contribution in [2.24, 2.45) is 5.10 Å². The molecule has 0 heterocycles. The zero-order valence-electron chi connectivity index (χ0n) is 18.0. The van der Waals surface area contributed by atoms with Gasteiger partial charge in [0.1, 0.15) is 0 Å². The van der Waals surface area contributed by atoms with E-state index >= 15 is 0 Å². The molecule has 172 valence electrons. The first-order chi connectivity index (χ1) is 15.4. The van der Waals surface area contributed by atoms with E-state index in [1.54, 1.807) is 37.3 Å². The second kappa shape index (κ2) is 12.6. The molecule has 0 aromatic heterocycles. The Balaban J connectivity index is 2.12. The average Bonchev–Trinajstić information content (AvgIpc) is 2.77. The van der Waals surface area contributed by atoms with Gasteiger partial charge in [-0.1, -0.05) is 6.92 Å². The third-order valence-corrected chi connectivity index (χ3v) is 4.53. The minimum Gasteiger partial charge on any atom is -0.493 e. The largest absolute Gasteiger partial charge is 0.493 e. The zero-order valence-corrected chi connectivity index (χ0v) is 19.6. The normalized spacial score (nSPS) is 10.6. The first kappa shape index (κ1) is 25.0. The van der Waals surface area contributed by atoms with E-state index in [4.69, 9.17) is 24.1 Å². The van der Waals surface area contributed by atoms with E-state index in [-0.39, 0.29) is 5.75 Å². The van der Waals surface area contributed by atoms with Crippen LogP contribution in [0.15, 0.2) is 39.9 Å². The minimum absolute atomic E-state index is 0.271. The van der Waals surface area contributed by atoms with Crippen molar-refractivity contribution in [3.8, 4) is 23.0 Å². The van der Waals surface area contributed by atoms with Crippen molar-refractivity contribution in [1.29, 1.82) is 0 Å². The Hall–Kier alpha value is -3.27. The van der Waals surface area contributed by atoms with Gasteiger partial charge in [-0.3, -0.25) is 4.79 Å². The van der Waals surface area contributed by atoms with Crippen molar-refractivity contribution in [3.63, 3.8) is 0 Å². The fraction of sp³-hybridized carbons (Fsp3) is 0.318. The summed E-state index contributed by atoms with van der Waals surface area (Å²) in [6, 6.07) is 8.17. The molecule has 0 bridgehead atoms. The van der Waals surface area contributed by atoms with Crippen molar-refractivity contribution in [2.45, 2.75) is 20.3 Å². The van der Waals surface area contributed by atoms with Crippen molar-refractivity contribution in [3.05, 3.63) is 45.9 Å². The van der Waals surface area contributed by atoms with Crippen LogP contribution in [-0.4, -0.2) is 50.1 Å². The molecule has 2 rings (SSSR count). The van der Waals surface area contributed by atoms with Crippen molar-refractivity contribution < 1.29 is 33.6 Å². The second-order valence-corrected chi connectivity index (χ2v) is 7.21. The van der Waals surface area contributed by atoms with Gasteiger partial charge in [-0.05, 0) is 65.2 Å². The van der Waals surface area contributed by atoms with Crippen LogP contribution in [0.2, 0.25) is 0 Å². The number of carboxylic acid groups (broad SMARTS) is 1. The number of carbonyl (C=O) groups excluding carboxylic acids is 1. The molecule has 0 aliphatic heterocycles. The average molecular weight is 509 g/mol. The van der Waals surface area contributed by atoms with E-state index in [9.17, 15) is 9.59 Å². The predicted molar refractivity (Wildman–Crippen MR) is 122 cm³/mol. The molecule has 0 saturated carbocycles. The summed E-state index contributed by atoms with van der Waals surface area (Å²) < 4.78 is 22.2. The number of hydrogen-bond donors (Lipinski definition) is 2. The van der Waals surface area contributed by atoms with Crippen LogP contribution in [0.5, 0.6) is 23.0 Å². The summed E-state index contributed by atoms with van der Waals surface area (Å²) in [5.74, 6) is 0.114. The lowest BCUT2D eigenvalue weighted by atomic mass is 10.2. The van der Waals surface area contributed by atoms with Crippen LogP contribution in [0.4, 0.5) is 0 Å². The van der Waals surface area contributed by atoms with E-state index in [1.165, 1.54) is 13.3 Å². The third kappa shape index (κ3) is 7.16. The predicted octanol–water partition coefficient (Wildman–Crippen LogP) is 3.87. The van der Waals surface area contributed by atoms with Crippen molar-refractivity contribution in [2.75, 3.05) is 26.9 Å². The molecular weight excluding hydrogens is 484 g/mol. The maximum Gasteiger partial charge on any atom is 0.341 e. The Kier molecular flexibility index (Phi) is 9.80. The van der Waals surface area contributed by atoms with Crippen LogP contribution in [0.1, 0.15) is 36.2 Å². The maximum atomic E-state index is 12.4. The molecule has 2 N–H and O–H groups in total. The fourth-order valence-corrected chi connectivity index (χ4v) is 3.14. The number of halogens is 1. The van der Waals surface area contributed by atoms with Crippen LogP contribution in [0.3, 0.4) is 0 Å². The van der Waals surface area contributed by atoms with Gasteiger partial charge in [-0.15, -0.1) is 0 Å². The lowest BCUT2D eigenvalue weighted by molar-refractivity contribution is -0.139. The van der Waals surface area contributed by atoms with Crippen molar-refractivity contribution in [1.82, 2.24) is 5.43 Å². The second-order valence-electron chi connectivity index (χ2n) is 6.36. The molecule has 1 amide bonds. The van der Waals surface area contributed by atoms with Crippen LogP contribution in [0.25, 0.3) is 0 Å². The highest BCUT2D eigenvalue weighted by molar-refractivity contribution is 9.10.